The molecule has 3 N–H and O–H groups in total. The van der Waals surface area contributed by atoms with Crippen molar-refractivity contribution < 1.29 is 18.8 Å². The molecule has 0 radical (unpaired) electrons. The van der Waals surface area contributed by atoms with Gasteiger partial charge in [0.15, 0.2) is 0 Å². The molecule has 1 saturated heterocycles. The fraction of sp³-hybridized carbons (Fsp3) is 0.321. The number of rotatable bonds is 7. The molecule has 2 atom stereocenters. The number of hydrogen-bond acceptors (Lipinski definition) is 4. The number of nitrogens with zero attached hydrogens (tertiary/aromatic N) is 2. The highest BCUT2D eigenvalue weighted by atomic mass is 19.1. The maximum absolute atomic E-state index is 13.1. The van der Waals surface area contributed by atoms with Crippen LogP contribution in [-0.2, 0) is 22.4 Å². The molecule has 8 heteroatoms. The average Bonchev–Trinajstić information content (AvgIpc) is 2.86. The SMILES string of the molecule is CC1CN(C(Cc2ccc3ccccc3c2)C(=O)NC(N)=O)CCN1C(=O)CCc1ccc(F)cc1. The number of piperazine rings is 1. The summed E-state index contributed by atoms with van der Waals surface area (Å²) in [5.74, 6) is -0.716. The molecule has 0 bridgehead atoms. The molecule has 1 heterocycles. The van der Waals surface area contributed by atoms with Crippen LogP contribution in [0.2, 0.25) is 0 Å². The van der Waals surface area contributed by atoms with Crippen LogP contribution in [0, 0.1) is 5.82 Å². The number of halogens is 1. The topological polar surface area (TPSA) is 95.7 Å². The lowest BCUT2D eigenvalue weighted by Gasteiger charge is -2.42. The Bertz CT molecular complexity index is 1250. The van der Waals surface area contributed by atoms with Gasteiger partial charge in [-0.3, -0.25) is 19.8 Å². The number of aryl methyl sites for hydroxylation is 1. The summed E-state index contributed by atoms with van der Waals surface area (Å²) in [6.07, 6.45) is 1.28. The van der Waals surface area contributed by atoms with E-state index in [1.807, 2.05) is 53.1 Å². The van der Waals surface area contributed by atoms with Crippen LogP contribution >= 0.6 is 0 Å². The Hall–Kier alpha value is -3.78. The fourth-order valence-electron chi connectivity index (χ4n) is 4.87. The van der Waals surface area contributed by atoms with Crippen LogP contribution in [0.1, 0.15) is 24.5 Å². The molecule has 7 nitrogen and oxygen atoms in total. The molecule has 4 rings (SSSR count). The smallest absolute Gasteiger partial charge is 0.318 e. The number of benzene rings is 3. The summed E-state index contributed by atoms with van der Waals surface area (Å²) in [5.41, 5.74) is 7.13. The zero-order valence-corrected chi connectivity index (χ0v) is 20.3. The molecule has 0 spiro atoms. The van der Waals surface area contributed by atoms with Crippen molar-refractivity contribution in [1.82, 2.24) is 15.1 Å². The van der Waals surface area contributed by atoms with Gasteiger partial charge in [0.05, 0.1) is 6.04 Å². The van der Waals surface area contributed by atoms with Crippen molar-refractivity contribution in [3.63, 3.8) is 0 Å². The highest BCUT2D eigenvalue weighted by molar-refractivity contribution is 5.96. The van der Waals surface area contributed by atoms with Gasteiger partial charge < -0.3 is 10.6 Å². The minimum atomic E-state index is -0.883. The lowest BCUT2D eigenvalue weighted by Crippen LogP contribution is -2.60. The van der Waals surface area contributed by atoms with Crippen LogP contribution in [0.3, 0.4) is 0 Å². The molecular formula is C28H31FN4O3. The predicted octanol–water partition coefficient (Wildman–Crippen LogP) is 3.25. The van der Waals surface area contributed by atoms with Crippen molar-refractivity contribution >= 4 is 28.6 Å². The Morgan fingerprint density at radius 3 is 2.39 bits per heavy atom. The molecule has 1 fully saturated rings. The maximum Gasteiger partial charge on any atom is 0.318 e. The third-order valence-electron chi connectivity index (χ3n) is 6.75. The van der Waals surface area contributed by atoms with Crippen LogP contribution in [0.5, 0.6) is 0 Å². The van der Waals surface area contributed by atoms with Crippen LogP contribution < -0.4 is 11.1 Å². The summed E-state index contributed by atoms with van der Waals surface area (Å²) < 4.78 is 13.1. The molecule has 0 aliphatic carbocycles. The van der Waals surface area contributed by atoms with Gasteiger partial charge in [-0.05, 0) is 53.8 Å². The Balaban J connectivity index is 1.43. The summed E-state index contributed by atoms with van der Waals surface area (Å²) in [6.45, 7) is 3.42. The van der Waals surface area contributed by atoms with E-state index in [9.17, 15) is 18.8 Å². The molecule has 36 heavy (non-hydrogen) atoms. The van der Waals surface area contributed by atoms with E-state index in [0.717, 1.165) is 21.9 Å². The van der Waals surface area contributed by atoms with Gasteiger partial charge in [0, 0.05) is 32.1 Å². The van der Waals surface area contributed by atoms with E-state index < -0.39 is 18.0 Å². The Kier molecular flexibility index (Phi) is 7.95. The molecular weight excluding hydrogens is 459 g/mol. The summed E-state index contributed by atoms with van der Waals surface area (Å²) >= 11 is 0. The normalized spacial score (nSPS) is 17.1. The quantitative estimate of drug-likeness (QED) is 0.532. The minimum absolute atomic E-state index is 0.0270. The number of urea groups is 1. The zero-order chi connectivity index (χ0) is 25.7. The lowest BCUT2D eigenvalue weighted by molar-refractivity contribution is -0.137. The second kappa shape index (κ2) is 11.3. The van der Waals surface area contributed by atoms with Crippen molar-refractivity contribution in [3.8, 4) is 0 Å². The number of carbonyl (C=O) groups is 3. The van der Waals surface area contributed by atoms with Crippen molar-refractivity contribution in [2.75, 3.05) is 19.6 Å². The van der Waals surface area contributed by atoms with E-state index in [1.54, 1.807) is 12.1 Å². The first-order valence-corrected chi connectivity index (χ1v) is 12.2. The first-order valence-electron chi connectivity index (χ1n) is 12.2. The predicted molar refractivity (Wildman–Crippen MR) is 137 cm³/mol. The second-order valence-electron chi connectivity index (χ2n) is 9.31. The van der Waals surface area contributed by atoms with Gasteiger partial charge in [-0.1, -0.05) is 54.6 Å². The Morgan fingerprint density at radius 1 is 1.00 bits per heavy atom. The van der Waals surface area contributed by atoms with E-state index in [2.05, 4.69) is 11.4 Å². The van der Waals surface area contributed by atoms with Gasteiger partial charge in [0.25, 0.3) is 0 Å². The van der Waals surface area contributed by atoms with E-state index in [0.29, 0.717) is 38.9 Å². The third-order valence-corrected chi connectivity index (χ3v) is 6.75. The zero-order valence-electron chi connectivity index (χ0n) is 20.3. The number of nitrogens with two attached hydrogens (primary N) is 1. The molecule has 2 unspecified atom stereocenters. The van der Waals surface area contributed by atoms with E-state index in [-0.39, 0.29) is 17.8 Å². The molecule has 1 aliphatic rings. The van der Waals surface area contributed by atoms with E-state index >= 15 is 0 Å². The summed E-state index contributed by atoms with van der Waals surface area (Å²) in [7, 11) is 0. The molecule has 188 valence electrons. The third kappa shape index (κ3) is 6.26. The Labute approximate surface area is 210 Å². The molecule has 1 aliphatic heterocycles. The number of carbonyl (C=O) groups excluding carboxylic acids is 3. The Morgan fingerprint density at radius 2 is 1.69 bits per heavy atom. The van der Waals surface area contributed by atoms with Crippen LogP contribution in [0.15, 0.2) is 66.7 Å². The van der Waals surface area contributed by atoms with Gasteiger partial charge in [-0.15, -0.1) is 0 Å². The minimum Gasteiger partial charge on any atom is -0.351 e. The number of fused-ring (bicyclic) bond motifs is 1. The lowest BCUT2D eigenvalue weighted by atomic mass is 9.99. The average molecular weight is 491 g/mol. The van der Waals surface area contributed by atoms with Crippen molar-refractivity contribution in [2.24, 2.45) is 5.73 Å². The fourth-order valence-corrected chi connectivity index (χ4v) is 4.87. The van der Waals surface area contributed by atoms with Gasteiger partial charge in [-0.2, -0.15) is 0 Å². The molecule has 3 aromatic carbocycles. The number of hydrogen-bond donors (Lipinski definition) is 2. The highest BCUT2D eigenvalue weighted by Crippen LogP contribution is 2.21. The number of amides is 4. The van der Waals surface area contributed by atoms with Crippen molar-refractivity contribution in [1.29, 1.82) is 0 Å². The summed E-state index contributed by atoms with van der Waals surface area (Å²) in [4.78, 5) is 41.2. The highest BCUT2D eigenvalue weighted by Gasteiger charge is 2.34. The molecule has 4 amide bonds. The maximum atomic E-state index is 13.1. The molecule has 3 aromatic rings. The largest absolute Gasteiger partial charge is 0.351 e. The first-order chi connectivity index (χ1) is 17.3. The summed E-state index contributed by atoms with van der Waals surface area (Å²) in [5, 5.41) is 4.43. The van der Waals surface area contributed by atoms with Gasteiger partial charge in [-0.25, -0.2) is 9.18 Å². The second-order valence-corrected chi connectivity index (χ2v) is 9.31. The van der Waals surface area contributed by atoms with Crippen molar-refractivity contribution in [2.45, 2.75) is 38.3 Å². The number of nitrogens with one attached hydrogen (secondary N) is 1. The molecule has 0 aromatic heterocycles. The van der Waals surface area contributed by atoms with Crippen LogP contribution in [0.4, 0.5) is 9.18 Å². The van der Waals surface area contributed by atoms with Gasteiger partial charge >= 0.3 is 6.03 Å². The van der Waals surface area contributed by atoms with Crippen LogP contribution in [-0.4, -0.2) is 59.4 Å². The standard InChI is InChI=1S/C28H31FN4O3/c1-19-18-32(14-15-33(19)26(34)13-9-20-7-11-24(29)12-8-20)25(27(35)31-28(30)36)17-21-6-10-22-4-2-3-5-23(22)16-21/h2-8,10-12,16,19,25H,9,13-15,17-18H2,1H3,(H3,30,31,35,36). The summed E-state index contributed by atoms with van der Waals surface area (Å²) in [6, 6.07) is 18.7. The van der Waals surface area contributed by atoms with Crippen molar-refractivity contribution in [3.05, 3.63) is 83.7 Å². The number of imide groups is 1. The van der Waals surface area contributed by atoms with Gasteiger partial charge in [0.2, 0.25) is 11.8 Å². The first kappa shape index (κ1) is 25.3. The number of primary amides is 1. The van der Waals surface area contributed by atoms with E-state index in [4.69, 9.17) is 5.73 Å². The van der Waals surface area contributed by atoms with Crippen LogP contribution in [0.25, 0.3) is 10.8 Å². The molecule has 0 saturated carbocycles. The monoisotopic (exact) mass is 490 g/mol. The van der Waals surface area contributed by atoms with Gasteiger partial charge in [0.1, 0.15) is 5.82 Å². The van der Waals surface area contributed by atoms with E-state index in [1.165, 1.54) is 12.1 Å².